The molecule has 33 heavy (non-hydrogen) atoms. The Morgan fingerprint density at radius 2 is 1.76 bits per heavy atom. The summed E-state index contributed by atoms with van der Waals surface area (Å²) in [7, 11) is 1.89. The van der Waals surface area contributed by atoms with Crippen molar-refractivity contribution in [3.05, 3.63) is 66.5 Å². The van der Waals surface area contributed by atoms with E-state index < -0.39 is 0 Å². The van der Waals surface area contributed by atoms with Crippen LogP contribution >= 0.6 is 0 Å². The van der Waals surface area contributed by atoms with Crippen LogP contribution in [-0.2, 0) is 11.8 Å². The fraction of sp³-hybridized carbons (Fsp3) is 0.240. The number of anilines is 1. The Hall–Kier alpha value is -3.91. The fourth-order valence-corrected chi connectivity index (χ4v) is 4.23. The van der Waals surface area contributed by atoms with Crippen molar-refractivity contribution in [2.75, 3.05) is 31.2 Å². The summed E-state index contributed by atoms with van der Waals surface area (Å²) in [6, 6.07) is 16.3. The van der Waals surface area contributed by atoms with E-state index >= 15 is 0 Å². The van der Waals surface area contributed by atoms with Gasteiger partial charge in [-0.1, -0.05) is 23.8 Å². The first-order valence-corrected chi connectivity index (χ1v) is 11.0. The Morgan fingerprint density at radius 3 is 2.55 bits per heavy atom. The maximum Gasteiger partial charge on any atom is 0.176 e. The van der Waals surface area contributed by atoms with Crippen molar-refractivity contribution in [2.45, 2.75) is 6.92 Å². The minimum absolute atomic E-state index is 0.687. The molecule has 8 nitrogen and oxygen atoms in total. The Bertz CT molecular complexity index is 1440. The van der Waals surface area contributed by atoms with Gasteiger partial charge in [-0.05, 0) is 25.1 Å². The maximum atomic E-state index is 6.28. The number of benzene rings is 1. The van der Waals surface area contributed by atoms with Gasteiger partial charge in [-0.2, -0.15) is 10.2 Å². The van der Waals surface area contributed by atoms with Gasteiger partial charge in [0.25, 0.3) is 0 Å². The molecule has 5 aromatic rings. The normalized spacial score (nSPS) is 14.3. The molecule has 6 rings (SSSR count). The quantitative estimate of drug-likeness (QED) is 0.416. The highest BCUT2D eigenvalue weighted by atomic mass is 16.5. The molecule has 1 fully saturated rings. The lowest BCUT2D eigenvalue weighted by Crippen LogP contribution is -2.36. The molecule has 166 valence electrons. The van der Waals surface area contributed by atoms with Crippen LogP contribution in [0.25, 0.3) is 39.6 Å². The number of morpholine rings is 1. The molecule has 4 aromatic heterocycles. The summed E-state index contributed by atoms with van der Waals surface area (Å²) >= 11 is 0. The molecule has 1 aliphatic rings. The molecule has 8 heteroatoms. The molecular weight excluding hydrogens is 416 g/mol. The van der Waals surface area contributed by atoms with Crippen LogP contribution in [0.15, 0.2) is 65.3 Å². The standard InChI is InChI=1S/C25H24N6O2/c1-17-4-3-5-18(14-17)19-7-9-31(28-19)24-16-22(30-10-12-32-13-11-30)25-21(26-24)15-23(33-25)20-6-8-29(2)27-20/h3-9,14-16H,10-13H2,1-2H3. The van der Waals surface area contributed by atoms with Gasteiger partial charge in [0, 0.05) is 50.2 Å². The second-order valence-electron chi connectivity index (χ2n) is 8.31. The molecule has 1 aliphatic heterocycles. The molecule has 1 aromatic carbocycles. The van der Waals surface area contributed by atoms with E-state index in [1.165, 1.54) is 5.56 Å². The summed E-state index contributed by atoms with van der Waals surface area (Å²) < 4.78 is 15.4. The molecule has 0 amide bonds. The maximum absolute atomic E-state index is 6.28. The van der Waals surface area contributed by atoms with Crippen LogP contribution in [0.5, 0.6) is 0 Å². The zero-order chi connectivity index (χ0) is 22.4. The van der Waals surface area contributed by atoms with E-state index in [2.05, 4.69) is 41.2 Å². The van der Waals surface area contributed by atoms with Gasteiger partial charge in [0.2, 0.25) is 0 Å². The third-order valence-corrected chi connectivity index (χ3v) is 5.90. The van der Waals surface area contributed by atoms with Gasteiger partial charge in [-0.15, -0.1) is 0 Å². The lowest BCUT2D eigenvalue weighted by molar-refractivity contribution is 0.122. The van der Waals surface area contributed by atoms with E-state index in [1.54, 1.807) is 4.68 Å². The predicted molar refractivity (Wildman–Crippen MR) is 127 cm³/mol. The summed E-state index contributed by atoms with van der Waals surface area (Å²) in [5.41, 5.74) is 6.52. The van der Waals surface area contributed by atoms with Gasteiger partial charge >= 0.3 is 0 Å². The van der Waals surface area contributed by atoms with Crippen LogP contribution in [-0.4, -0.2) is 50.8 Å². The zero-order valence-corrected chi connectivity index (χ0v) is 18.6. The second-order valence-corrected chi connectivity index (χ2v) is 8.31. The molecule has 5 heterocycles. The first kappa shape index (κ1) is 19.8. The van der Waals surface area contributed by atoms with Crippen molar-refractivity contribution in [3.63, 3.8) is 0 Å². The van der Waals surface area contributed by atoms with Crippen molar-refractivity contribution in [2.24, 2.45) is 7.05 Å². The largest absolute Gasteiger partial charge is 0.450 e. The van der Waals surface area contributed by atoms with Gasteiger partial charge in [0.05, 0.1) is 24.6 Å². The summed E-state index contributed by atoms with van der Waals surface area (Å²) in [5, 5.41) is 9.30. The number of aromatic nitrogens is 5. The fourth-order valence-electron chi connectivity index (χ4n) is 4.23. The Morgan fingerprint density at radius 1 is 0.909 bits per heavy atom. The minimum Gasteiger partial charge on any atom is -0.450 e. The Kier molecular flexibility index (Phi) is 4.73. The number of aryl methyl sites for hydroxylation is 2. The number of ether oxygens (including phenoxy) is 1. The van der Waals surface area contributed by atoms with Crippen molar-refractivity contribution < 1.29 is 9.15 Å². The number of nitrogens with zero attached hydrogens (tertiary/aromatic N) is 6. The molecule has 0 bridgehead atoms. The first-order chi connectivity index (χ1) is 16.1. The average Bonchev–Trinajstić information content (AvgIpc) is 3.58. The van der Waals surface area contributed by atoms with Crippen molar-refractivity contribution in [1.29, 1.82) is 0 Å². The van der Waals surface area contributed by atoms with Crippen molar-refractivity contribution in [3.8, 4) is 28.5 Å². The molecule has 0 atom stereocenters. The van der Waals surface area contributed by atoms with Crippen LogP contribution in [0.2, 0.25) is 0 Å². The van der Waals surface area contributed by atoms with E-state index in [9.17, 15) is 0 Å². The zero-order valence-electron chi connectivity index (χ0n) is 18.6. The van der Waals surface area contributed by atoms with Gasteiger partial charge in [-0.25, -0.2) is 9.67 Å². The minimum atomic E-state index is 0.687. The topological polar surface area (TPSA) is 74.1 Å². The summed E-state index contributed by atoms with van der Waals surface area (Å²) in [4.78, 5) is 7.18. The molecule has 0 aliphatic carbocycles. The third kappa shape index (κ3) is 3.68. The second kappa shape index (κ2) is 7.90. The SMILES string of the molecule is Cc1cccc(-c2ccn(-c3cc(N4CCOCC4)c4oc(-c5ccn(C)n5)cc4n3)n2)c1. The Balaban J connectivity index is 1.47. The van der Waals surface area contributed by atoms with Crippen molar-refractivity contribution >= 4 is 16.8 Å². The lowest BCUT2D eigenvalue weighted by atomic mass is 10.1. The van der Waals surface area contributed by atoms with E-state index in [1.807, 2.05) is 48.4 Å². The highest BCUT2D eigenvalue weighted by Gasteiger charge is 2.21. The van der Waals surface area contributed by atoms with Crippen molar-refractivity contribution in [1.82, 2.24) is 24.5 Å². The molecule has 1 saturated heterocycles. The third-order valence-electron chi connectivity index (χ3n) is 5.90. The van der Waals surface area contributed by atoms with E-state index in [-0.39, 0.29) is 0 Å². The Labute approximate surface area is 191 Å². The number of fused-ring (bicyclic) bond motifs is 1. The van der Waals surface area contributed by atoms with Gasteiger partial charge in [0.1, 0.15) is 11.2 Å². The molecule has 0 unspecified atom stereocenters. The predicted octanol–water partition coefficient (Wildman–Crippen LogP) is 4.23. The van der Waals surface area contributed by atoms with Crippen LogP contribution < -0.4 is 4.90 Å². The molecular formula is C25H24N6O2. The number of hydrogen-bond acceptors (Lipinski definition) is 6. The highest BCUT2D eigenvalue weighted by molar-refractivity contribution is 5.90. The van der Waals surface area contributed by atoms with E-state index in [0.29, 0.717) is 19.0 Å². The van der Waals surface area contributed by atoms with Crippen LogP contribution in [0.1, 0.15) is 5.56 Å². The number of rotatable bonds is 4. The van der Waals surface area contributed by atoms with Crippen LogP contribution in [0.3, 0.4) is 0 Å². The van der Waals surface area contributed by atoms with Crippen LogP contribution in [0.4, 0.5) is 5.69 Å². The molecule has 0 spiro atoms. The molecule has 0 radical (unpaired) electrons. The molecule has 0 N–H and O–H groups in total. The van der Waals surface area contributed by atoms with E-state index in [0.717, 1.165) is 52.6 Å². The average molecular weight is 441 g/mol. The summed E-state index contributed by atoms with van der Waals surface area (Å²) in [6.07, 6.45) is 3.86. The van der Waals surface area contributed by atoms with Gasteiger partial charge < -0.3 is 14.1 Å². The summed E-state index contributed by atoms with van der Waals surface area (Å²) in [6.45, 7) is 5.05. The first-order valence-electron chi connectivity index (χ1n) is 11.0. The van der Waals surface area contributed by atoms with Crippen LogP contribution in [0, 0.1) is 6.92 Å². The number of pyridine rings is 1. The van der Waals surface area contributed by atoms with E-state index in [4.69, 9.17) is 19.2 Å². The lowest BCUT2D eigenvalue weighted by Gasteiger charge is -2.28. The van der Waals surface area contributed by atoms with Gasteiger partial charge in [0.15, 0.2) is 17.2 Å². The smallest absolute Gasteiger partial charge is 0.176 e. The summed E-state index contributed by atoms with van der Waals surface area (Å²) in [5.74, 6) is 1.45. The number of furan rings is 1. The van der Waals surface area contributed by atoms with Gasteiger partial charge in [-0.3, -0.25) is 4.68 Å². The highest BCUT2D eigenvalue weighted by Crippen LogP contribution is 2.34. The number of hydrogen-bond donors (Lipinski definition) is 0. The molecule has 0 saturated carbocycles. The monoisotopic (exact) mass is 440 g/mol.